The Hall–Kier alpha value is -0.160. The van der Waals surface area contributed by atoms with E-state index in [0.29, 0.717) is 6.54 Å². The molecule has 0 heterocycles. The third kappa shape index (κ3) is 4.91. The lowest BCUT2D eigenvalue weighted by atomic mass is 10.0. The van der Waals surface area contributed by atoms with Gasteiger partial charge in [-0.2, -0.15) is 0 Å². The van der Waals surface area contributed by atoms with Gasteiger partial charge in [0.2, 0.25) is 0 Å². The summed E-state index contributed by atoms with van der Waals surface area (Å²) in [6, 6.07) is -0.337. The lowest BCUT2D eigenvalue weighted by molar-refractivity contribution is -0.0787. The summed E-state index contributed by atoms with van der Waals surface area (Å²) in [6.07, 6.45) is -1.73. The molecule has 0 bridgehead atoms. The van der Waals surface area contributed by atoms with Crippen LogP contribution in [0.15, 0.2) is 0 Å². The second-order valence-corrected chi connectivity index (χ2v) is 4.31. The molecule has 0 fully saturated rings. The SMILES string of the molecule is CC(C)C(NCC(C)C(C)O)C(O)O. The molecule has 0 aliphatic carbocycles. The molecule has 3 unspecified atom stereocenters. The highest BCUT2D eigenvalue weighted by atomic mass is 16.5. The summed E-state index contributed by atoms with van der Waals surface area (Å²) >= 11 is 0. The largest absolute Gasteiger partial charge is 0.393 e. The molecule has 0 aromatic carbocycles. The maximum absolute atomic E-state index is 9.25. The summed E-state index contributed by atoms with van der Waals surface area (Å²) in [7, 11) is 0. The van der Waals surface area contributed by atoms with Crippen molar-refractivity contribution in [3.05, 3.63) is 0 Å². The van der Waals surface area contributed by atoms with Crippen molar-refractivity contribution in [3.63, 3.8) is 0 Å². The van der Waals surface area contributed by atoms with Gasteiger partial charge in [-0.25, -0.2) is 0 Å². The molecule has 0 spiro atoms. The monoisotopic (exact) mass is 205 g/mol. The van der Waals surface area contributed by atoms with Crippen LogP contribution in [0.25, 0.3) is 0 Å². The van der Waals surface area contributed by atoms with Gasteiger partial charge < -0.3 is 20.6 Å². The van der Waals surface area contributed by atoms with Crippen LogP contribution in [-0.2, 0) is 0 Å². The van der Waals surface area contributed by atoms with E-state index in [9.17, 15) is 5.11 Å². The fourth-order valence-electron chi connectivity index (χ4n) is 1.18. The minimum atomic E-state index is -1.35. The fraction of sp³-hybridized carbons (Fsp3) is 1.00. The first kappa shape index (κ1) is 13.8. The molecule has 86 valence electrons. The molecule has 0 aromatic rings. The molecule has 0 aliphatic heterocycles. The first-order valence-corrected chi connectivity index (χ1v) is 5.13. The van der Waals surface area contributed by atoms with E-state index in [-0.39, 0.29) is 24.0 Å². The molecule has 0 rings (SSSR count). The molecule has 4 nitrogen and oxygen atoms in total. The highest BCUT2D eigenvalue weighted by molar-refractivity contribution is 4.74. The maximum Gasteiger partial charge on any atom is 0.167 e. The number of hydrogen-bond donors (Lipinski definition) is 4. The molecule has 4 heteroatoms. The van der Waals surface area contributed by atoms with Crippen LogP contribution in [0.4, 0.5) is 0 Å². The molecule has 0 aliphatic rings. The minimum absolute atomic E-state index is 0.106. The van der Waals surface area contributed by atoms with Gasteiger partial charge in [-0.3, -0.25) is 0 Å². The highest BCUT2D eigenvalue weighted by Crippen LogP contribution is 2.07. The van der Waals surface area contributed by atoms with Crippen molar-refractivity contribution in [1.82, 2.24) is 5.32 Å². The Balaban J connectivity index is 3.94. The smallest absolute Gasteiger partial charge is 0.167 e. The van der Waals surface area contributed by atoms with Gasteiger partial charge in [0.1, 0.15) is 0 Å². The van der Waals surface area contributed by atoms with Crippen LogP contribution in [0.5, 0.6) is 0 Å². The Kier molecular flexibility index (Phi) is 6.27. The molecule has 0 aromatic heterocycles. The third-order valence-corrected chi connectivity index (χ3v) is 2.54. The Morgan fingerprint density at radius 3 is 1.79 bits per heavy atom. The molecule has 0 amide bonds. The van der Waals surface area contributed by atoms with Gasteiger partial charge in [0.05, 0.1) is 12.1 Å². The van der Waals surface area contributed by atoms with Crippen molar-refractivity contribution in [2.24, 2.45) is 11.8 Å². The second kappa shape index (κ2) is 6.35. The van der Waals surface area contributed by atoms with Crippen LogP contribution in [-0.4, -0.2) is 40.3 Å². The van der Waals surface area contributed by atoms with Gasteiger partial charge >= 0.3 is 0 Å². The lowest BCUT2D eigenvalue weighted by Crippen LogP contribution is -2.46. The minimum Gasteiger partial charge on any atom is -0.393 e. The standard InChI is InChI=1S/C10H23NO3/c1-6(2)9(10(13)14)11-5-7(3)8(4)12/h6-14H,5H2,1-4H3. The van der Waals surface area contributed by atoms with Crippen molar-refractivity contribution < 1.29 is 15.3 Å². The van der Waals surface area contributed by atoms with Crippen LogP contribution in [0, 0.1) is 11.8 Å². The van der Waals surface area contributed by atoms with Crippen LogP contribution in [0.2, 0.25) is 0 Å². The topological polar surface area (TPSA) is 72.7 Å². The summed E-state index contributed by atoms with van der Waals surface area (Å²) in [5, 5.41) is 30.4. The summed E-state index contributed by atoms with van der Waals surface area (Å²) in [4.78, 5) is 0. The molecule has 14 heavy (non-hydrogen) atoms. The third-order valence-electron chi connectivity index (χ3n) is 2.54. The Bertz CT molecular complexity index is 140. The van der Waals surface area contributed by atoms with Gasteiger partial charge in [-0.15, -0.1) is 0 Å². The van der Waals surface area contributed by atoms with E-state index in [2.05, 4.69) is 5.32 Å². The average molecular weight is 205 g/mol. The van der Waals surface area contributed by atoms with Crippen molar-refractivity contribution in [2.45, 2.75) is 46.1 Å². The first-order chi connectivity index (χ1) is 6.36. The fourth-order valence-corrected chi connectivity index (χ4v) is 1.18. The van der Waals surface area contributed by atoms with Crippen molar-refractivity contribution in [3.8, 4) is 0 Å². The Morgan fingerprint density at radius 2 is 1.50 bits per heavy atom. The molecular formula is C10H23NO3. The van der Waals surface area contributed by atoms with Crippen molar-refractivity contribution in [1.29, 1.82) is 0 Å². The van der Waals surface area contributed by atoms with Crippen molar-refractivity contribution in [2.75, 3.05) is 6.54 Å². The van der Waals surface area contributed by atoms with E-state index in [1.165, 1.54) is 0 Å². The van der Waals surface area contributed by atoms with E-state index in [1.807, 2.05) is 20.8 Å². The number of nitrogens with one attached hydrogen (secondary N) is 1. The van der Waals surface area contributed by atoms with Gasteiger partial charge in [-0.05, 0) is 18.8 Å². The van der Waals surface area contributed by atoms with E-state index < -0.39 is 6.29 Å². The zero-order chi connectivity index (χ0) is 11.3. The zero-order valence-corrected chi connectivity index (χ0v) is 9.44. The number of hydrogen-bond acceptors (Lipinski definition) is 4. The molecule has 0 saturated carbocycles. The van der Waals surface area contributed by atoms with Crippen LogP contribution >= 0.6 is 0 Å². The molecule has 4 N–H and O–H groups in total. The van der Waals surface area contributed by atoms with E-state index in [4.69, 9.17) is 10.2 Å². The van der Waals surface area contributed by atoms with E-state index in [0.717, 1.165) is 0 Å². The molecule has 3 atom stereocenters. The van der Waals surface area contributed by atoms with Gasteiger partial charge in [0.25, 0.3) is 0 Å². The van der Waals surface area contributed by atoms with Gasteiger partial charge in [0.15, 0.2) is 6.29 Å². The predicted octanol–water partition coefficient (Wildman–Crippen LogP) is -0.0718. The Morgan fingerprint density at radius 1 is 1.00 bits per heavy atom. The zero-order valence-electron chi connectivity index (χ0n) is 9.44. The maximum atomic E-state index is 9.25. The summed E-state index contributed by atoms with van der Waals surface area (Å²) in [6.45, 7) is 8.07. The normalized spacial score (nSPS) is 18.6. The summed E-state index contributed by atoms with van der Waals surface area (Å²) < 4.78 is 0. The summed E-state index contributed by atoms with van der Waals surface area (Å²) in [5.74, 6) is 0.256. The molecular weight excluding hydrogens is 182 g/mol. The summed E-state index contributed by atoms with van der Waals surface area (Å²) in [5.41, 5.74) is 0. The van der Waals surface area contributed by atoms with Crippen molar-refractivity contribution >= 4 is 0 Å². The molecule has 0 saturated heterocycles. The molecule has 0 radical (unpaired) electrons. The van der Waals surface area contributed by atoms with Crippen LogP contribution in [0.3, 0.4) is 0 Å². The lowest BCUT2D eigenvalue weighted by Gasteiger charge is -2.26. The highest BCUT2D eigenvalue weighted by Gasteiger charge is 2.21. The van der Waals surface area contributed by atoms with Gasteiger partial charge in [0, 0.05) is 6.54 Å². The van der Waals surface area contributed by atoms with E-state index >= 15 is 0 Å². The number of aliphatic hydroxyl groups excluding tert-OH is 2. The first-order valence-electron chi connectivity index (χ1n) is 5.13. The predicted molar refractivity (Wildman–Crippen MR) is 55.7 cm³/mol. The van der Waals surface area contributed by atoms with Crippen LogP contribution in [0.1, 0.15) is 27.7 Å². The van der Waals surface area contributed by atoms with Crippen LogP contribution < -0.4 is 5.32 Å². The van der Waals surface area contributed by atoms with Gasteiger partial charge in [-0.1, -0.05) is 20.8 Å². The number of aliphatic hydroxyl groups is 3. The Labute approximate surface area is 86.0 Å². The number of rotatable bonds is 6. The quantitative estimate of drug-likeness (QED) is 0.458. The average Bonchev–Trinajstić information content (AvgIpc) is 2.02. The second-order valence-electron chi connectivity index (χ2n) is 4.31. The van der Waals surface area contributed by atoms with E-state index in [1.54, 1.807) is 6.92 Å².